The topological polar surface area (TPSA) is 66.8 Å². The summed E-state index contributed by atoms with van der Waals surface area (Å²) < 4.78 is 5.21. The van der Waals surface area contributed by atoms with Crippen LogP contribution in [0.2, 0.25) is 0 Å². The lowest BCUT2D eigenvalue weighted by molar-refractivity contribution is -0.145. The maximum absolute atomic E-state index is 12.3. The molecule has 20 heavy (non-hydrogen) atoms. The van der Waals surface area contributed by atoms with Crippen LogP contribution in [0.1, 0.15) is 25.8 Å². The zero-order chi connectivity index (χ0) is 15.1. The van der Waals surface area contributed by atoms with E-state index in [1.54, 1.807) is 13.2 Å². The van der Waals surface area contributed by atoms with E-state index in [1.165, 1.54) is 4.90 Å². The molecule has 110 valence electrons. The molecule has 0 spiro atoms. The number of hydrogen-bond donors (Lipinski definition) is 1. The molecule has 0 aliphatic rings. The van der Waals surface area contributed by atoms with Gasteiger partial charge in [0.05, 0.1) is 13.5 Å². The van der Waals surface area contributed by atoms with Crippen molar-refractivity contribution in [2.75, 3.05) is 13.7 Å². The maximum Gasteiger partial charge on any atom is 0.323 e. The first-order valence-electron chi connectivity index (χ1n) is 6.62. The molecule has 0 heterocycles. The molecule has 0 saturated heterocycles. The van der Waals surface area contributed by atoms with Gasteiger partial charge in [-0.25, -0.2) is 0 Å². The molecule has 1 aromatic rings. The molecule has 1 aromatic carbocycles. The third-order valence-corrected chi connectivity index (χ3v) is 3.28. The molecular weight excluding hydrogens is 258 g/mol. The molecule has 5 nitrogen and oxygen atoms in total. The lowest BCUT2D eigenvalue weighted by Gasteiger charge is -2.27. The molecule has 0 aliphatic carbocycles. The first-order chi connectivity index (χ1) is 9.49. The van der Waals surface area contributed by atoms with Gasteiger partial charge < -0.3 is 14.7 Å². The van der Waals surface area contributed by atoms with E-state index in [0.717, 1.165) is 5.56 Å². The van der Waals surface area contributed by atoms with Crippen molar-refractivity contribution in [3.8, 4) is 5.75 Å². The van der Waals surface area contributed by atoms with Gasteiger partial charge in [-0.2, -0.15) is 0 Å². The average molecular weight is 279 g/mol. The second kappa shape index (κ2) is 7.53. The fourth-order valence-corrected chi connectivity index (χ4v) is 1.97. The SMILES string of the molecule is CCC(C)N(CC(=O)O)C(=O)Cc1ccccc1OC. The van der Waals surface area contributed by atoms with Gasteiger partial charge in [-0.3, -0.25) is 9.59 Å². The predicted octanol–water partition coefficient (Wildman–Crippen LogP) is 1.95. The van der Waals surface area contributed by atoms with Gasteiger partial charge in [-0.05, 0) is 19.4 Å². The lowest BCUT2D eigenvalue weighted by Crippen LogP contribution is -2.42. The summed E-state index contributed by atoms with van der Waals surface area (Å²) in [5.74, 6) is -0.565. The average Bonchev–Trinajstić information content (AvgIpc) is 2.44. The Morgan fingerprint density at radius 1 is 1.35 bits per heavy atom. The Labute approximate surface area is 119 Å². The monoisotopic (exact) mass is 279 g/mol. The van der Waals surface area contributed by atoms with Crippen LogP contribution >= 0.6 is 0 Å². The number of carbonyl (C=O) groups excluding carboxylic acids is 1. The molecule has 0 bridgehead atoms. The summed E-state index contributed by atoms with van der Waals surface area (Å²) in [7, 11) is 1.55. The Bertz CT molecular complexity index is 473. The Morgan fingerprint density at radius 3 is 2.55 bits per heavy atom. The number of carboxylic acids is 1. The van der Waals surface area contributed by atoms with Crippen LogP contribution in [0.4, 0.5) is 0 Å². The van der Waals surface area contributed by atoms with E-state index in [2.05, 4.69) is 0 Å². The van der Waals surface area contributed by atoms with Gasteiger partial charge in [-0.1, -0.05) is 25.1 Å². The zero-order valence-corrected chi connectivity index (χ0v) is 12.1. The minimum atomic E-state index is -1.00. The van der Waals surface area contributed by atoms with Crippen molar-refractivity contribution in [1.82, 2.24) is 4.90 Å². The smallest absolute Gasteiger partial charge is 0.323 e. The number of hydrogen-bond acceptors (Lipinski definition) is 3. The predicted molar refractivity (Wildman–Crippen MR) is 75.8 cm³/mol. The van der Waals surface area contributed by atoms with Gasteiger partial charge in [-0.15, -0.1) is 0 Å². The Balaban J connectivity index is 2.87. The van der Waals surface area contributed by atoms with Crippen molar-refractivity contribution in [2.24, 2.45) is 0 Å². The van der Waals surface area contributed by atoms with Crippen LogP contribution in [0.25, 0.3) is 0 Å². The molecule has 1 rings (SSSR count). The molecule has 0 aliphatic heterocycles. The summed E-state index contributed by atoms with van der Waals surface area (Å²) in [6, 6.07) is 7.15. The van der Waals surface area contributed by atoms with Crippen molar-refractivity contribution < 1.29 is 19.4 Å². The van der Waals surface area contributed by atoms with Gasteiger partial charge in [0.15, 0.2) is 0 Å². The quantitative estimate of drug-likeness (QED) is 0.828. The Morgan fingerprint density at radius 2 is 2.00 bits per heavy atom. The number of benzene rings is 1. The Kier molecular flexibility index (Phi) is 6.03. The van der Waals surface area contributed by atoms with Gasteiger partial charge >= 0.3 is 5.97 Å². The summed E-state index contributed by atoms with van der Waals surface area (Å²) in [5, 5.41) is 8.93. The van der Waals surface area contributed by atoms with E-state index in [9.17, 15) is 9.59 Å². The zero-order valence-electron chi connectivity index (χ0n) is 12.1. The minimum Gasteiger partial charge on any atom is -0.496 e. The number of rotatable bonds is 7. The summed E-state index contributed by atoms with van der Waals surface area (Å²) in [5.41, 5.74) is 0.763. The fourth-order valence-electron chi connectivity index (χ4n) is 1.97. The first-order valence-corrected chi connectivity index (χ1v) is 6.62. The van der Waals surface area contributed by atoms with Crippen molar-refractivity contribution in [3.63, 3.8) is 0 Å². The lowest BCUT2D eigenvalue weighted by atomic mass is 10.1. The van der Waals surface area contributed by atoms with Crippen molar-refractivity contribution in [3.05, 3.63) is 29.8 Å². The highest BCUT2D eigenvalue weighted by Crippen LogP contribution is 2.19. The number of carboxylic acid groups (broad SMARTS) is 1. The number of para-hydroxylation sites is 1. The first kappa shape index (κ1) is 16.0. The van der Waals surface area contributed by atoms with E-state index in [-0.39, 0.29) is 24.9 Å². The van der Waals surface area contributed by atoms with E-state index >= 15 is 0 Å². The van der Waals surface area contributed by atoms with Crippen molar-refractivity contribution in [1.29, 1.82) is 0 Å². The highest BCUT2D eigenvalue weighted by Gasteiger charge is 2.22. The maximum atomic E-state index is 12.3. The van der Waals surface area contributed by atoms with E-state index in [4.69, 9.17) is 9.84 Å². The number of amides is 1. The normalized spacial score (nSPS) is 11.8. The number of nitrogens with zero attached hydrogens (tertiary/aromatic N) is 1. The fraction of sp³-hybridized carbons (Fsp3) is 0.467. The molecule has 0 radical (unpaired) electrons. The van der Waals surface area contributed by atoms with Crippen LogP contribution in [0.5, 0.6) is 5.75 Å². The summed E-state index contributed by atoms with van der Waals surface area (Å²) in [6.45, 7) is 3.50. The van der Waals surface area contributed by atoms with Crippen LogP contribution in [-0.4, -0.2) is 41.6 Å². The van der Waals surface area contributed by atoms with Crippen LogP contribution in [0.15, 0.2) is 24.3 Å². The van der Waals surface area contributed by atoms with Gasteiger partial charge in [0.25, 0.3) is 0 Å². The molecule has 1 atom stereocenters. The van der Waals surface area contributed by atoms with Gasteiger partial charge in [0, 0.05) is 11.6 Å². The third-order valence-electron chi connectivity index (χ3n) is 3.28. The number of methoxy groups -OCH3 is 1. The number of aliphatic carboxylic acids is 1. The van der Waals surface area contributed by atoms with Crippen molar-refractivity contribution in [2.45, 2.75) is 32.7 Å². The summed E-state index contributed by atoms with van der Waals surface area (Å²) in [4.78, 5) is 24.6. The summed E-state index contributed by atoms with van der Waals surface area (Å²) >= 11 is 0. The molecule has 1 unspecified atom stereocenters. The Hall–Kier alpha value is -2.04. The van der Waals surface area contributed by atoms with Crippen LogP contribution in [0.3, 0.4) is 0 Å². The van der Waals surface area contributed by atoms with Crippen LogP contribution in [-0.2, 0) is 16.0 Å². The number of carbonyl (C=O) groups is 2. The molecule has 5 heteroatoms. The highest BCUT2D eigenvalue weighted by molar-refractivity contribution is 5.83. The molecule has 0 aromatic heterocycles. The molecule has 0 saturated carbocycles. The molecule has 1 N–H and O–H groups in total. The highest BCUT2D eigenvalue weighted by atomic mass is 16.5. The van der Waals surface area contributed by atoms with E-state index in [1.807, 2.05) is 32.0 Å². The number of ether oxygens (including phenoxy) is 1. The molecule has 0 fully saturated rings. The van der Waals surface area contributed by atoms with Gasteiger partial charge in [0.1, 0.15) is 12.3 Å². The van der Waals surface area contributed by atoms with Crippen LogP contribution < -0.4 is 4.74 Å². The van der Waals surface area contributed by atoms with E-state index in [0.29, 0.717) is 12.2 Å². The van der Waals surface area contributed by atoms with Crippen LogP contribution in [0, 0.1) is 0 Å². The molecular formula is C15H21NO4. The second-order valence-electron chi connectivity index (χ2n) is 4.66. The third kappa shape index (κ3) is 4.26. The summed E-state index contributed by atoms with van der Waals surface area (Å²) in [6.07, 6.45) is 0.854. The van der Waals surface area contributed by atoms with Crippen molar-refractivity contribution >= 4 is 11.9 Å². The molecule has 1 amide bonds. The van der Waals surface area contributed by atoms with Gasteiger partial charge in [0.2, 0.25) is 5.91 Å². The largest absolute Gasteiger partial charge is 0.496 e. The standard InChI is InChI=1S/C15H21NO4/c1-4-11(2)16(10-15(18)19)14(17)9-12-7-5-6-8-13(12)20-3/h5-8,11H,4,9-10H2,1-3H3,(H,18,19). The minimum absolute atomic E-state index is 0.103. The second-order valence-corrected chi connectivity index (χ2v) is 4.66. The van der Waals surface area contributed by atoms with E-state index < -0.39 is 5.97 Å².